The van der Waals surface area contributed by atoms with Gasteiger partial charge in [0.15, 0.2) is 12.0 Å². The monoisotopic (exact) mass is 385 g/mol. The van der Waals surface area contributed by atoms with E-state index in [1.807, 2.05) is 0 Å². The highest BCUT2D eigenvalue weighted by Crippen LogP contribution is 2.39. The second-order valence-corrected chi connectivity index (χ2v) is 6.23. The smallest absolute Gasteiger partial charge is 0.236 e. The number of carbonyl (C=O) groups excluding carboxylic acids is 2. The Morgan fingerprint density at radius 3 is 2.83 bits per heavy atom. The van der Waals surface area contributed by atoms with E-state index >= 15 is 0 Å². The van der Waals surface area contributed by atoms with Crippen molar-refractivity contribution in [1.29, 1.82) is 0 Å². The number of hydrogen-bond donors (Lipinski definition) is 1. The van der Waals surface area contributed by atoms with E-state index in [0.29, 0.717) is 4.43 Å². The van der Waals surface area contributed by atoms with Crippen LogP contribution in [0.1, 0.15) is 13.3 Å². The molecule has 4 atom stereocenters. The van der Waals surface area contributed by atoms with Gasteiger partial charge in [-0.25, -0.2) is 0 Å². The molecule has 100 valence electrons. The molecule has 2 aliphatic heterocycles. The molecule has 0 spiro atoms. The van der Waals surface area contributed by atoms with Gasteiger partial charge in [0.2, 0.25) is 5.91 Å². The Morgan fingerprint density at radius 2 is 2.33 bits per heavy atom. The van der Waals surface area contributed by atoms with Gasteiger partial charge in [0.05, 0.1) is 12.5 Å². The number of hydrogen-bond acceptors (Lipinski definition) is 4. The summed E-state index contributed by atoms with van der Waals surface area (Å²) in [6.07, 6.45) is 0.472. The van der Waals surface area contributed by atoms with Gasteiger partial charge in [-0.3, -0.25) is 14.5 Å². The molecule has 0 bridgehead atoms. The van der Waals surface area contributed by atoms with Crippen molar-refractivity contribution in [2.75, 3.05) is 4.43 Å². The molecular formula is C11H13ClINO4. The van der Waals surface area contributed by atoms with Crippen molar-refractivity contribution in [2.45, 2.75) is 36.7 Å². The second-order valence-electron chi connectivity index (χ2n) is 4.54. The quantitative estimate of drug-likeness (QED) is 0.434. The molecule has 0 saturated carbocycles. The lowest BCUT2D eigenvalue weighted by atomic mass is 10.00. The van der Waals surface area contributed by atoms with Gasteiger partial charge in [-0.15, -0.1) is 11.6 Å². The topological polar surface area (TPSA) is 66.8 Å². The van der Waals surface area contributed by atoms with Crippen molar-refractivity contribution in [3.63, 3.8) is 0 Å². The summed E-state index contributed by atoms with van der Waals surface area (Å²) in [5, 5.41) is 10.1. The number of amides is 1. The Balaban J connectivity index is 2.26. The van der Waals surface area contributed by atoms with Crippen molar-refractivity contribution in [3.8, 4) is 0 Å². The first kappa shape index (κ1) is 14.2. The first-order valence-corrected chi connectivity index (χ1v) is 7.39. The fraction of sp³-hybridized carbons (Fsp3) is 0.636. The molecule has 0 unspecified atom stereocenters. The minimum absolute atomic E-state index is 0.186. The first-order valence-electron chi connectivity index (χ1n) is 5.48. The van der Waals surface area contributed by atoms with Crippen LogP contribution in [0.5, 0.6) is 0 Å². The zero-order valence-corrected chi connectivity index (χ0v) is 12.6. The summed E-state index contributed by atoms with van der Waals surface area (Å²) in [6, 6.07) is 0. The molecule has 5 nitrogen and oxygen atoms in total. The molecule has 0 aromatic carbocycles. The van der Waals surface area contributed by atoms with Crippen molar-refractivity contribution in [3.05, 3.63) is 12.3 Å². The number of aliphatic hydroxyl groups is 1. The second kappa shape index (κ2) is 5.07. The molecule has 0 aromatic heterocycles. The van der Waals surface area contributed by atoms with E-state index in [2.05, 4.69) is 22.6 Å². The Kier molecular flexibility index (Phi) is 4.01. The number of alkyl halides is 2. The van der Waals surface area contributed by atoms with Gasteiger partial charge < -0.3 is 9.84 Å². The highest BCUT2D eigenvalue weighted by atomic mass is 127. The molecule has 1 amide bonds. The molecular weight excluding hydrogens is 372 g/mol. The van der Waals surface area contributed by atoms with E-state index in [1.165, 1.54) is 17.2 Å². The molecule has 2 aliphatic rings. The number of ketones is 1. The van der Waals surface area contributed by atoms with Crippen molar-refractivity contribution >= 4 is 45.9 Å². The lowest BCUT2D eigenvalue weighted by molar-refractivity contribution is -0.143. The minimum atomic E-state index is -1.09. The van der Waals surface area contributed by atoms with Crippen molar-refractivity contribution in [2.24, 2.45) is 0 Å². The van der Waals surface area contributed by atoms with Crippen LogP contribution in [0, 0.1) is 0 Å². The lowest BCUT2D eigenvalue weighted by Gasteiger charge is -2.34. The third-order valence-corrected chi connectivity index (χ3v) is 4.43. The van der Waals surface area contributed by atoms with Crippen LogP contribution in [-0.4, -0.2) is 49.4 Å². The molecule has 7 heteroatoms. The largest absolute Gasteiger partial charge is 0.388 e. The van der Waals surface area contributed by atoms with Gasteiger partial charge in [-0.1, -0.05) is 22.6 Å². The summed E-state index contributed by atoms with van der Waals surface area (Å²) in [6.45, 7) is 1.63. The molecule has 2 rings (SSSR count). The van der Waals surface area contributed by atoms with Crippen LogP contribution in [0.3, 0.4) is 0 Å². The van der Waals surface area contributed by atoms with Crippen molar-refractivity contribution < 1.29 is 19.4 Å². The third-order valence-electron chi connectivity index (χ3n) is 3.16. The van der Waals surface area contributed by atoms with E-state index in [-0.39, 0.29) is 18.1 Å². The fourth-order valence-electron chi connectivity index (χ4n) is 2.10. The summed E-state index contributed by atoms with van der Waals surface area (Å²) < 4.78 is 6.21. The lowest BCUT2D eigenvalue weighted by Crippen LogP contribution is -2.50. The maximum atomic E-state index is 11.8. The van der Waals surface area contributed by atoms with Crippen LogP contribution in [0.4, 0.5) is 0 Å². The summed E-state index contributed by atoms with van der Waals surface area (Å²) >= 11 is 8.39. The maximum absolute atomic E-state index is 11.8. The minimum Gasteiger partial charge on any atom is -0.388 e. The van der Waals surface area contributed by atoms with Crippen LogP contribution in [0.2, 0.25) is 0 Å². The third kappa shape index (κ3) is 2.31. The number of aliphatic hydroxyl groups excluding tert-OH is 1. The Labute approximate surface area is 123 Å². The van der Waals surface area contributed by atoms with E-state index in [9.17, 15) is 14.7 Å². The Bertz CT molecular complexity index is 412. The average molecular weight is 386 g/mol. The Hall–Kier alpha value is -0.180. The fourth-order valence-corrected chi connectivity index (χ4v) is 3.08. The van der Waals surface area contributed by atoms with Crippen LogP contribution >= 0.6 is 34.2 Å². The molecule has 1 N–H and O–H groups in total. The SMILES string of the molecule is C[C@@]1(Cl)[C@H](O)[C@@H](CI)O[C@H]1N1C=CC(=O)CC1=O. The Morgan fingerprint density at radius 1 is 1.67 bits per heavy atom. The number of ether oxygens (including phenoxy) is 1. The number of rotatable bonds is 2. The molecule has 0 radical (unpaired) electrons. The molecule has 2 heterocycles. The highest BCUT2D eigenvalue weighted by molar-refractivity contribution is 14.1. The van der Waals surface area contributed by atoms with Crippen LogP contribution < -0.4 is 0 Å². The first-order chi connectivity index (χ1) is 8.37. The number of allylic oxidation sites excluding steroid dienone is 1. The van der Waals surface area contributed by atoms with Crippen molar-refractivity contribution in [1.82, 2.24) is 4.90 Å². The molecule has 18 heavy (non-hydrogen) atoms. The van der Waals surface area contributed by atoms with Gasteiger partial charge in [0.1, 0.15) is 11.0 Å². The summed E-state index contributed by atoms with van der Waals surface area (Å²) in [5.41, 5.74) is 0. The molecule has 0 aromatic rings. The number of halogens is 2. The summed E-state index contributed by atoms with van der Waals surface area (Å²) in [7, 11) is 0. The van der Waals surface area contributed by atoms with E-state index in [0.717, 1.165) is 0 Å². The van der Waals surface area contributed by atoms with Gasteiger partial charge in [0.25, 0.3) is 0 Å². The predicted octanol–water partition coefficient (Wildman–Crippen LogP) is 0.820. The summed E-state index contributed by atoms with van der Waals surface area (Å²) in [5.74, 6) is -0.600. The normalized spacial score (nSPS) is 40.7. The average Bonchev–Trinajstić information content (AvgIpc) is 2.52. The van der Waals surface area contributed by atoms with Crippen LogP contribution in [0.25, 0.3) is 0 Å². The van der Waals surface area contributed by atoms with E-state index in [1.54, 1.807) is 6.92 Å². The predicted molar refractivity (Wildman–Crippen MR) is 73.4 cm³/mol. The van der Waals surface area contributed by atoms with E-state index < -0.39 is 23.3 Å². The maximum Gasteiger partial charge on any atom is 0.236 e. The zero-order chi connectivity index (χ0) is 13.5. The van der Waals surface area contributed by atoms with Gasteiger partial charge >= 0.3 is 0 Å². The summed E-state index contributed by atoms with van der Waals surface area (Å²) in [4.78, 5) is 23.1. The van der Waals surface area contributed by atoms with Gasteiger partial charge in [0, 0.05) is 10.6 Å². The van der Waals surface area contributed by atoms with Gasteiger partial charge in [-0.2, -0.15) is 0 Å². The number of nitrogens with zero attached hydrogens (tertiary/aromatic N) is 1. The van der Waals surface area contributed by atoms with Gasteiger partial charge in [-0.05, 0) is 13.0 Å². The standard InChI is InChI=1S/C11H13ClINO4/c1-11(12)9(17)7(5-13)18-10(11)14-3-2-6(15)4-8(14)16/h2-3,7,9-10,17H,4-5H2,1H3/t7-,9-,10-,11-/m1/s1. The number of carbonyl (C=O) groups is 2. The van der Waals surface area contributed by atoms with Crippen LogP contribution in [0.15, 0.2) is 12.3 Å². The zero-order valence-electron chi connectivity index (χ0n) is 9.68. The van der Waals surface area contributed by atoms with Crippen LogP contribution in [-0.2, 0) is 14.3 Å². The van der Waals surface area contributed by atoms with E-state index in [4.69, 9.17) is 16.3 Å². The molecule has 1 fully saturated rings. The molecule has 0 aliphatic carbocycles. The molecule has 1 saturated heterocycles. The highest BCUT2D eigenvalue weighted by Gasteiger charge is 2.54.